The maximum Gasteiger partial charge on any atom is 0.330 e. The molecule has 1 fully saturated rings. The maximum absolute atomic E-state index is 10.8. The Morgan fingerprint density at radius 3 is 2.82 bits per heavy atom. The molecule has 0 radical (unpaired) electrons. The van der Waals surface area contributed by atoms with E-state index in [1.165, 1.54) is 6.08 Å². The van der Waals surface area contributed by atoms with E-state index < -0.39 is 0 Å². The zero-order chi connectivity index (χ0) is 8.27. The summed E-state index contributed by atoms with van der Waals surface area (Å²) in [6, 6.07) is 0. The highest BCUT2D eigenvalue weighted by molar-refractivity contribution is 5.82. The minimum absolute atomic E-state index is 0.157. The fourth-order valence-electron chi connectivity index (χ4n) is 0.617. The van der Waals surface area contributed by atoms with Gasteiger partial charge in [-0.05, 0) is 13.8 Å². The van der Waals surface area contributed by atoms with Crippen LogP contribution in [0.25, 0.3) is 0 Å². The van der Waals surface area contributed by atoms with Crippen LogP contribution in [0.1, 0.15) is 13.8 Å². The topological polar surface area (TPSA) is 38.8 Å². The van der Waals surface area contributed by atoms with Gasteiger partial charge in [0.15, 0.2) is 0 Å². The molecule has 0 aromatic carbocycles. The summed E-state index contributed by atoms with van der Waals surface area (Å²) in [7, 11) is 0. The van der Waals surface area contributed by atoms with E-state index in [2.05, 4.69) is 0 Å². The van der Waals surface area contributed by atoms with Gasteiger partial charge in [0.05, 0.1) is 6.61 Å². The highest BCUT2D eigenvalue weighted by atomic mass is 16.6. The number of hydrogen-bond acceptors (Lipinski definition) is 3. The highest BCUT2D eigenvalue weighted by Gasteiger charge is 2.23. The molecule has 0 aromatic rings. The molecular formula is C8H12O3. The van der Waals surface area contributed by atoms with E-state index in [1.807, 2.05) is 13.8 Å². The summed E-state index contributed by atoms with van der Waals surface area (Å²) in [5.74, 6) is -0.277. The molecular weight excluding hydrogens is 144 g/mol. The number of allylic oxidation sites excluding steroid dienone is 1. The Morgan fingerprint density at radius 1 is 1.73 bits per heavy atom. The lowest BCUT2D eigenvalue weighted by Gasteiger charge is -1.97. The first-order chi connectivity index (χ1) is 5.18. The van der Waals surface area contributed by atoms with Crippen LogP contribution in [-0.2, 0) is 14.3 Å². The second kappa shape index (κ2) is 3.53. The van der Waals surface area contributed by atoms with Gasteiger partial charge in [-0.1, -0.05) is 5.57 Å². The van der Waals surface area contributed by atoms with Crippen molar-refractivity contribution >= 4 is 5.97 Å². The zero-order valence-corrected chi connectivity index (χ0v) is 6.79. The smallest absolute Gasteiger partial charge is 0.330 e. The molecule has 0 bridgehead atoms. The third-order valence-corrected chi connectivity index (χ3v) is 1.22. The minimum atomic E-state index is -0.277. The highest BCUT2D eigenvalue weighted by Crippen LogP contribution is 2.08. The number of ether oxygens (including phenoxy) is 2. The average Bonchev–Trinajstić information content (AvgIpc) is 2.63. The molecule has 1 heterocycles. The molecule has 1 rings (SSSR count). The zero-order valence-electron chi connectivity index (χ0n) is 6.79. The van der Waals surface area contributed by atoms with Crippen LogP contribution in [0.5, 0.6) is 0 Å². The first-order valence-corrected chi connectivity index (χ1v) is 3.62. The van der Waals surface area contributed by atoms with E-state index in [4.69, 9.17) is 9.47 Å². The van der Waals surface area contributed by atoms with E-state index >= 15 is 0 Å². The maximum atomic E-state index is 10.8. The molecule has 1 atom stereocenters. The van der Waals surface area contributed by atoms with Crippen molar-refractivity contribution in [1.82, 2.24) is 0 Å². The van der Waals surface area contributed by atoms with Crippen LogP contribution in [0.4, 0.5) is 0 Å². The number of hydrogen-bond donors (Lipinski definition) is 0. The molecule has 0 spiro atoms. The largest absolute Gasteiger partial charge is 0.460 e. The standard InChI is InChI=1S/C8H12O3/c1-6(2)3-8(9)11-5-7-4-10-7/h3,7H,4-5H2,1-2H3. The molecule has 62 valence electrons. The molecule has 11 heavy (non-hydrogen) atoms. The van der Waals surface area contributed by atoms with Gasteiger partial charge >= 0.3 is 5.97 Å². The van der Waals surface area contributed by atoms with Gasteiger partial charge in [0.1, 0.15) is 12.7 Å². The van der Waals surface area contributed by atoms with E-state index in [0.717, 1.165) is 12.2 Å². The minimum Gasteiger partial charge on any atom is -0.460 e. The van der Waals surface area contributed by atoms with Crippen LogP contribution in [0.2, 0.25) is 0 Å². The third-order valence-electron chi connectivity index (χ3n) is 1.22. The summed E-state index contributed by atoms with van der Waals surface area (Å²) in [4.78, 5) is 10.8. The molecule has 0 amide bonds. The van der Waals surface area contributed by atoms with Gasteiger partial charge in [0.2, 0.25) is 0 Å². The Morgan fingerprint density at radius 2 is 2.36 bits per heavy atom. The summed E-state index contributed by atoms with van der Waals surface area (Å²) in [5.41, 5.74) is 0.951. The molecule has 0 saturated carbocycles. The van der Waals surface area contributed by atoms with Crippen LogP contribution in [0, 0.1) is 0 Å². The molecule has 1 unspecified atom stereocenters. The van der Waals surface area contributed by atoms with Crippen molar-refractivity contribution in [2.24, 2.45) is 0 Å². The van der Waals surface area contributed by atoms with Gasteiger partial charge in [0, 0.05) is 6.08 Å². The van der Waals surface area contributed by atoms with Gasteiger partial charge in [-0.25, -0.2) is 4.79 Å². The Hall–Kier alpha value is -0.830. The molecule has 1 aliphatic heterocycles. The van der Waals surface area contributed by atoms with Crippen LogP contribution < -0.4 is 0 Å². The lowest BCUT2D eigenvalue weighted by atomic mass is 10.3. The van der Waals surface area contributed by atoms with Crippen molar-refractivity contribution in [3.05, 3.63) is 11.6 Å². The summed E-state index contributed by atoms with van der Waals surface area (Å²) in [6.45, 7) is 4.83. The number of rotatable bonds is 3. The molecule has 1 saturated heterocycles. The van der Waals surface area contributed by atoms with Gasteiger partial charge in [-0.3, -0.25) is 0 Å². The lowest BCUT2D eigenvalue weighted by molar-refractivity contribution is -0.138. The molecule has 3 heteroatoms. The SMILES string of the molecule is CC(C)=CC(=O)OCC1CO1. The predicted octanol–water partition coefficient (Wildman–Crippen LogP) is 0.895. The number of carbonyl (C=O) groups is 1. The van der Waals surface area contributed by atoms with Crippen LogP contribution in [-0.4, -0.2) is 25.3 Å². The van der Waals surface area contributed by atoms with Crippen molar-refractivity contribution in [3.63, 3.8) is 0 Å². The van der Waals surface area contributed by atoms with Crippen molar-refractivity contribution in [1.29, 1.82) is 0 Å². The Kier molecular flexibility index (Phi) is 2.65. The van der Waals surface area contributed by atoms with Crippen molar-refractivity contribution in [2.45, 2.75) is 20.0 Å². The first-order valence-electron chi connectivity index (χ1n) is 3.62. The normalized spacial score (nSPS) is 20.7. The molecule has 0 aromatic heterocycles. The molecule has 3 nitrogen and oxygen atoms in total. The van der Waals surface area contributed by atoms with E-state index in [-0.39, 0.29) is 12.1 Å². The Labute approximate surface area is 66.0 Å². The fraction of sp³-hybridized carbons (Fsp3) is 0.625. The summed E-state index contributed by atoms with van der Waals surface area (Å²) in [5, 5.41) is 0. The van der Waals surface area contributed by atoms with Crippen LogP contribution in [0.3, 0.4) is 0 Å². The molecule has 0 aliphatic carbocycles. The monoisotopic (exact) mass is 156 g/mol. The summed E-state index contributed by atoms with van der Waals surface area (Å²) >= 11 is 0. The number of esters is 1. The van der Waals surface area contributed by atoms with Gasteiger partial charge in [-0.15, -0.1) is 0 Å². The van der Waals surface area contributed by atoms with Crippen molar-refractivity contribution in [3.8, 4) is 0 Å². The second-order valence-electron chi connectivity index (χ2n) is 2.81. The van der Waals surface area contributed by atoms with Crippen LogP contribution in [0.15, 0.2) is 11.6 Å². The van der Waals surface area contributed by atoms with E-state index in [1.54, 1.807) is 0 Å². The van der Waals surface area contributed by atoms with Crippen molar-refractivity contribution in [2.75, 3.05) is 13.2 Å². The lowest BCUT2D eigenvalue weighted by Crippen LogP contribution is -2.07. The Balaban J connectivity index is 2.14. The van der Waals surface area contributed by atoms with Gasteiger partial charge < -0.3 is 9.47 Å². The first kappa shape index (κ1) is 8.27. The van der Waals surface area contributed by atoms with Crippen molar-refractivity contribution < 1.29 is 14.3 Å². The third kappa shape index (κ3) is 3.78. The average molecular weight is 156 g/mol. The van der Waals surface area contributed by atoms with E-state index in [9.17, 15) is 4.79 Å². The second-order valence-corrected chi connectivity index (χ2v) is 2.81. The van der Waals surface area contributed by atoms with Crippen LogP contribution >= 0.6 is 0 Å². The van der Waals surface area contributed by atoms with Gasteiger partial charge in [-0.2, -0.15) is 0 Å². The predicted molar refractivity (Wildman–Crippen MR) is 40.1 cm³/mol. The summed E-state index contributed by atoms with van der Waals surface area (Å²) < 4.78 is 9.70. The quantitative estimate of drug-likeness (QED) is 0.346. The summed E-state index contributed by atoms with van der Waals surface area (Å²) in [6.07, 6.45) is 1.63. The fourth-order valence-corrected chi connectivity index (χ4v) is 0.617. The molecule has 1 aliphatic rings. The number of epoxide rings is 1. The van der Waals surface area contributed by atoms with E-state index in [0.29, 0.717) is 6.61 Å². The van der Waals surface area contributed by atoms with Gasteiger partial charge in [0.25, 0.3) is 0 Å². The number of carbonyl (C=O) groups excluding carboxylic acids is 1. The molecule has 0 N–H and O–H groups in total. The Bertz CT molecular complexity index is 176.